The van der Waals surface area contributed by atoms with Gasteiger partial charge < -0.3 is 20.1 Å². The zero-order valence-electron chi connectivity index (χ0n) is 12.9. The zero-order chi connectivity index (χ0) is 15.5. The van der Waals surface area contributed by atoms with Crippen LogP contribution in [0.5, 0.6) is 11.5 Å². The molecule has 0 fully saturated rings. The predicted octanol–water partition coefficient (Wildman–Crippen LogP) is 1.78. The van der Waals surface area contributed by atoms with E-state index in [2.05, 4.69) is 28.5 Å². The quantitative estimate of drug-likeness (QED) is 0.456. The van der Waals surface area contributed by atoms with Crippen LogP contribution in [0.25, 0.3) is 0 Å². The number of hydrogen-bond acceptors (Lipinski definition) is 3. The Morgan fingerprint density at radius 3 is 2.76 bits per heavy atom. The van der Waals surface area contributed by atoms with Crippen molar-refractivity contribution in [1.29, 1.82) is 0 Å². The van der Waals surface area contributed by atoms with Gasteiger partial charge in [0.2, 0.25) is 0 Å². The third kappa shape index (κ3) is 5.65. The Balaban J connectivity index is 2.68. The molecule has 0 bridgehead atoms. The molecule has 0 atom stereocenters. The number of guanidine groups is 1. The van der Waals surface area contributed by atoms with E-state index in [1.807, 2.05) is 18.2 Å². The van der Waals surface area contributed by atoms with Gasteiger partial charge in [0.1, 0.15) is 6.61 Å². The molecule has 1 aromatic carbocycles. The molecular formula is C16H23N3O2. The normalized spacial score (nSPS) is 10.7. The van der Waals surface area contributed by atoms with E-state index in [0.717, 1.165) is 24.5 Å². The lowest BCUT2D eigenvalue weighted by Gasteiger charge is -2.13. The maximum atomic E-state index is 5.48. The van der Waals surface area contributed by atoms with Gasteiger partial charge in [-0.1, -0.05) is 18.9 Å². The molecular weight excluding hydrogens is 266 g/mol. The molecule has 0 radical (unpaired) electrons. The molecule has 5 heteroatoms. The number of aliphatic imine (C=N–C) groups is 1. The van der Waals surface area contributed by atoms with Gasteiger partial charge in [-0.05, 0) is 24.1 Å². The molecule has 0 aliphatic carbocycles. The maximum absolute atomic E-state index is 5.48. The van der Waals surface area contributed by atoms with Gasteiger partial charge in [-0.15, -0.1) is 6.42 Å². The summed E-state index contributed by atoms with van der Waals surface area (Å²) >= 11 is 0. The topological polar surface area (TPSA) is 54.9 Å². The smallest absolute Gasteiger partial charge is 0.191 e. The number of methoxy groups -OCH3 is 1. The summed E-state index contributed by atoms with van der Waals surface area (Å²) in [5, 5.41) is 6.46. The molecule has 114 valence electrons. The van der Waals surface area contributed by atoms with Crippen LogP contribution in [0.2, 0.25) is 0 Å². The third-order valence-electron chi connectivity index (χ3n) is 2.77. The maximum Gasteiger partial charge on any atom is 0.191 e. The van der Waals surface area contributed by atoms with Crippen LogP contribution < -0.4 is 20.1 Å². The van der Waals surface area contributed by atoms with Gasteiger partial charge in [0, 0.05) is 20.1 Å². The molecule has 0 aliphatic heterocycles. The molecule has 0 saturated carbocycles. The van der Waals surface area contributed by atoms with E-state index in [-0.39, 0.29) is 6.61 Å². The minimum absolute atomic E-state index is 0.215. The van der Waals surface area contributed by atoms with E-state index in [1.54, 1.807) is 14.2 Å². The third-order valence-corrected chi connectivity index (χ3v) is 2.77. The van der Waals surface area contributed by atoms with Crippen molar-refractivity contribution in [3.05, 3.63) is 23.8 Å². The summed E-state index contributed by atoms with van der Waals surface area (Å²) in [7, 11) is 3.35. The highest BCUT2D eigenvalue weighted by molar-refractivity contribution is 5.79. The van der Waals surface area contributed by atoms with E-state index in [1.165, 1.54) is 0 Å². The number of benzene rings is 1. The summed E-state index contributed by atoms with van der Waals surface area (Å²) in [4.78, 5) is 4.16. The van der Waals surface area contributed by atoms with Crippen LogP contribution in [0.3, 0.4) is 0 Å². The van der Waals surface area contributed by atoms with Crippen molar-refractivity contribution in [2.75, 3.05) is 27.3 Å². The molecule has 0 aliphatic rings. The number of ether oxygens (including phenoxy) is 2. The van der Waals surface area contributed by atoms with E-state index in [9.17, 15) is 0 Å². The van der Waals surface area contributed by atoms with Crippen molar-refractivity contribution in [2.24, 2.45) is 4.99 Å². The molecule has 0 unspecified atom stereocenters. The minimum atomic E-state index is 0.215. The molecule has 0 spiro atoms. The molecule has 2 N–H and O–H groups in total. The van der Waals surface area contributed by atoms with Crippen LogP contribution in [-0.4, -0.2) is 33.3 Å². The summed E-state index contributed by atoms with van der Waals surface area (Å²) < 4.78 is 10.7. The van der Waals surface area contributed by atoms with Crippen LogP contribution in [0.15, 0.2) is 23.2 Å². The standard InChI is InChI=1S/C16H23N3O2/c1-5-9-18-16(17-3)19-12-13-7-8-14(20-4)15(11-13)21-10-6-2/h2,7-8,11H,5,9-10,12H2,1,3-4H3,(H2,17,18,19). The van der Waals surface area contributed by atoms with E-state index in [4.69, 9.17) is 15.9 Å². The molecule has 21 heavy (non-hydrogen) atoms. The first kappa shape index (κ1) is 16.7. The summed E-state index contributed by atoms with van der Waals surface area (Å²) in [6, 6.07) is 5.75. The molecule has 1 rings (SSSR count). The molecule has 0 heterocycles. The van der Waals surface area contributed by atoms with Gasteiger partial charge in [0.25, 0.3) is 0 Å². The van der Waals surface area contributed by atoms with Crippen LogP contribution in [0.1, 0.15) is 18.9 Å². The summed E-state index contributed by atoms with van der Waals surface area (Å²) in [5.41, 5.74) is 1.06. The largest absolute Gasteiger partial charge is 0.493 e. The average molecular weight is 289 g/mol. The van der Waals surface area contributed by atoms with Crippen LogP contribution in [-0.2, 0) is 6.54 Å². The van der Waals surface area contributed by atoms with Crippen molar-refractivity contribution >= 4 is 5.96 Å². The Morgan fingerprint density at radius 1 is 1.33 bits per heavy atom. The van der Waals surface area contributed by atoms with Crippen LogP contribution >= 0.6 is 0 Å². The van der Waals surface area contributed by atoms with Gasteiger partial charge in [0.05, 0.1) is 7.11 Å². The Morgan fingerprint density at radius 2 is 2.14 bits per heavy atom. The fourth-order valence-corrected chi connectivity index (χ4v) is 1.71. The fraction of sp³-hybridized carbons (Fsp3) is 0.438. The zero-order valence-corrected chi connectivity index (χ0v) is 12.9. The van der Waals surface area contributed by atoms with E-state index < -0.39 is 0 Å². The molecule has 0 amide bonds. The summed E-state index contributed by atoms with van der Waals surface area (Å²) in [5.74, 6) is 4.54. The Hall–Kier alpha value is -2.35. The first-order chi connectivity index (χ1) is 10.2. The molecule has 0 saturated heterocycles. The minimum Gasteiger partial charge on any atom is -0.493 e. The second-order valence-corrected chi connectivity index (χ2v) is 4.33. The van der Waals surface area contributed by atoms with Crippen LogP contribution in [0.4, 0.5) is 0 Å². The monoisotopic (exact) mass is 289 g/mol. The van der Waals surface area contributed by atoms with Crippen molar-refractivity contribution < 1.29 is 9.47 Å². The molecule has 0 aromatic heterocycles. The number of terminal acetylenes is 1. The predicted molar refractivity (Wildman–Crippen MR) is 85.8 cm³/mol. The fourth-order valence-electron chi connectivity index (χ4n) is 1.71. The Labute approximate surface area is 126 Å². The van der Waals surface area contributed by atoms with Gasteiger partial charge in [-0.25, -0.2) is 0 Å². The van der Waals surface area contributed by atoms with Gasteiger partial charge in [0.15, 0.2) is 17.5 Å². The number of nitrogens with zero attached hydrogens (tertiary/aromatic N) is 1. The number of nitrogens with one attached hydrogen (secondary N) is 2. The van der Waals surface area contributed by atoms with Crippen molar-refractivity contribution in [3.8, 4) is 23.8 Å². The van der Waals surface area contributed by atoms with E-state index >= 15 is 0 Å². The first-order valence-corrected chi connectivity index (χ1v) is 6.92. The van der Waals surface area contributed by atoms with Gasteiger partial charge >= 0.3 is 0 Å². The molecule has 5 nitrogen and oxygen atoms in total. The van der Waals surface area contributed by atoms with Gasteiger partial charge in [-0.2, -0.15) is 0 Å². The highest BCUT2D eigenvalue weighted by Crippen LogP contribution is 2.27. The number of hydrogen-bond donors (Lipinski definition) is 2. The van der Waals surface area contributed by atoms with Crippen molar-refractivity contribution in [3.63, 3.8) is 0 Å². The Bertz CT molecular complexity index is 507. The highest BCUT2D eigenvalue weighted by atomic mass is 16.5. The highest BCUT2D eigenvalue weighted by Gasteiger charge is 2.06. The van der Waals surface area contributed by atoms with E-state index in [0.29, 0.717) is 18.0 Å². The SMILES string of the molecule is C#CCOc1cc(CNC(=NC)NCCC)ccc1OC. The van der Waals surface area contributed by atoms with Gasteiger partial charge in [-0.3, -0.25) is 4.99 Å². The summed E-state index contributed by atoms with van der Waals surface area (Å²) in [6.07, 6.45) is 6.27. The number of rotatable bonds is 7. The average Bonchev–Trinajstić information content (AvgIpc) is 2.53. The summed E-state index contributed by atoms with van der Waals surface area (Å²) in [6.45, 7) is 3.85. The molecule has 1 aromatic rings. The van der Waals surface area contributed by atoms with Crippen molar-refractivity contribution in [2.45, 2.75) is 19.9 Å². The first-order valence-electron chi connectivity index (χ1n) is 6.92. The Kier molecular flexibility index (Phi) is 7.59. The van der Waals surface area contributed by atoms with Crippen molar-refractivity contribution in [1.82, 2.24) is 10.6 Å². The lowest BCUT2D eigenvalue weighted by Crippen LogP contribution is -2.37. The van der Waals surface area contributed by atoms with Crippen LogP contribution in [0, 0.1) is 12.3 Å². The second kappa shape index (κ2) is 9.54. The lowest BCUT2D eigenvalue weighted by molar-refractivity contribution is 0.330. The lowest BCUT2D eigenvalue weighted by atomic mass is 10.2. The second-order valence-electron chi connectivity index (χ2n) is 4.33.